The van der Waals surface area contributed by atoms with Crippen LogP contribution in [0, 0.1) is 0 Å². The minimum absolute atomic E-state index is 0. The van der Waals surface area contributed by atoms with Crippen molar-refractivity contribution in [3.8, 4) is 0 Å². The van der Waals surface area contributed by atoms with Crippen molar-refractivity contribution >= 4 is 0 Å². The van der Waals surface area contributed by atoms with Gasteiger partial charge in [-0.3, -0.25) is 23.9 Å². The minimum atomic E-state index is 0. The van der Waals surface area contributed by atoms with Crippen molar-refractivity contribution in [2.24, 2.45) is 0 Å². The second-order valence-corrected chi connectivity index (χ2v) is 11.1. The van der Waals surface area contributed by atoms with E-state index < -0.39 is 0 Å². The first kappa shape index (κ1) is 48.2. The van der Waals surface area contributed by atoms with Crippen molar-refractivity contribution in [1.82, 2.24) is 14.7 Å². The van der Waals surface area contributed by atoms with Gasteiger partial charge in [-0.15, -0.1) is 0 Å². The molecule has 42 heavy (non-hydrogen) atoms. The highest BCUT2D eigenvalue weighted by molar-refractivity contribution is 4.81. The smallest absolute Gasteiger partial charge is 0.0558 e. The van der Waals surface area contributed by atoms with Crippen molar-refractivity contribution in [1.29, 1.82) is 0 Å². The molecule has 0 aromatic heterocycles. The summed E-state index contributed by atoms with van der Waals surface area (Å²) in [5, 5.41) is 37.0. The lowest BCUT2D eigenvalue weighted by Gasteiger charge is -2.27. The van der Waals surface area contributed by atoms with Crippen molar-refractivity contribution < 1.29 is 34.5 Å². The number of unbranched alkanes of at least 4 members (excludes halogenated alkanes) is 12. The molecule has 0 aromatic carbocycles. The molecular formula is C32H70F3N3O4. The molecule has 0 aliphatic carbocycles. The second-order valence-electron chi connectivity index (χ2n) is 11.1. The van der Waals surface area contributed by atoms with E-state index in [0.29, 0.717) is 26.2 Å². The minimum Gasteiger partial charge on any atom is -0.395 e. The van der Waals surface area contributed by atoms with E-state index in [1.165, 1.54) is 89.9 Å². The molecule has 0 unspecified atom stereocenters. The fraction of sp³-hybridized carbons (Fsp3) is 0.938. The normalized spacial score (nSPS) is 11.3. The van der Waals surface area contributed by atoms with E-state index in [0.717, 1.165) is 45.6 Å². The lowest BCUT2D eigenvalue weighted by molar-refractivity contribution is 0.145. The first-order valence-electron chi connectivity index (χ1n) is 16.5. The zero-order valence-corrected chi connectivity index (χ0v) is 27.0. The molecule has 0 bridgehead atoms. The monoisotopic (exact) mass is 618 g/mol. The summed E-state index contributed by atoms with van der Waals surface area (Å²) in [7, 11) is 0. The second kappa shape index (κ2) is 40.2. The summed E-state index contributed by atoms with van der Waals surface area (Å²) < 4.78 is 0. The maximum absolute atomic E-state index is 9.26. The zero-order valence-electron chi connectivity index (χ0n) is 27.0. The lowest BCUT2D eigenvalue weighted by Crippen LogP contribution is -2.36. The summed E-state index contributed by atoms with van der Waals surface area (Å²) in [5.74, 6) is 0. The largest absolute Gasteiger partial charge is 0.395 e. The highest BCUT2D eigenvalue weighted by Gasteiger charge is 2.10. The van der Waals surface area contributed by atoms with Gasteiger partial charge < -0.3 is 25.3 Å². The summed E-state index contributed by atoms with van der Waals surface area (Å²) >= 11 is 0. The van der Waals surface area contributed by atoms with Gasteiger partial charge in [-0.05, 0) is 77.7 Å². The molecular weight excluding hydrogens is 547 g/mol. The van der Waals surface area contributed by atoms with Crippen LogP contribution in [0.2, 0.25) is 0 Å². The molecule has 0 aliphatic heterocycles. The van der Waals surface area contributed by atoms with E-state index in [2.05, 4.69) is 33.8 Å². The highest BCUT2D eigenvalue weighted by Crippen LogP contribution is 2.11. The molecule has 4 N–H and O–H groups in total. The van der Waals surface area contributed by atoms with Crippen LogP contribution in [0.1, 0.15) is 110 Å². The van der Waals surface area contributed by atoms with Crippen LogP contribution in [0.5, 0.6) is 0 Å². The number of aliphatic hydroxyl groups excluding tert-OH is 4. The van der Waals surface area contributed by atoms with Crippen LogP contribution in [-0.4, -0.2) is 120 Å². The standard InChI is InChI=1S/C32H67N3O4.3FH/c1-2-3-4-5-6-7-8-9-10-11-12-13-14-15-16-17-20-33(21-18-23-34(25-29-36)26-30-37)22-19-24-35(27-31-38)28-32-39;;;/h9-10,36-39H,2-8,11-32H2,1H3;3*1H/b10-9-;;;. The Hall–Kier alpha value is -0.750. The van der Waals surface area contributed by atoms with Crippen LogP contribution < -0.4 is 0 Å². The lowest BCUT2D eigenvalue weighted by atomic mass is 10.1. The molecule has 0 rings (SSSR count). The van der Waals surface area contributed by atoms with Crippen molar-refractivity contribution in [2.45, 2.75) is 110 Å². The Kier molecular flexibility index (Phi) is 46.2. The summed E-state index contributed by atoms with van der Waals surface area (Å²) in [4.78, 5) is 6.82. The molecule has 0 amide bonds. The Morgan fingerprint density at radius 2 is 0.643 bits per heavy atom. The molecule has 0 aliphatic rings. The van der Waals surface area contributed by atoms with Crippen LogP contribution >= 0.6 is 0 Å². The van der Waals surface area contributed by atoms with Crippen LogP contribution in [0.15, 0.2) is 12.2 Å². The van der Waals surface area contributed by atoms with Gasteiger partial charge in [-0.2, -0.15) is 0 Å². The molecule has 0 spiro atoms. The molecule has 258 valence electrons. The van der Waals surface area contributed by atoms with E-state index in [4.69, 9.17) is 0 Å². The van der Waals surface area contributed by atoms with E-state index in [1.54, 1.807) is 0 Å². The van der Waals surface area contributed by atoms with E-state index >= 15 is 0 Å². The Bertz CT molecular complexity index is 478. The Morgan fingerprint density at radius 1 is 0.357 bits per heavy atom. The zero-order chi connectivity index (χ0) is 28.7. The third-order valence-electron chi connectivity index (χ3n) is 7.55. The Balaban J connectivity index is -0.00000241. The molecule has 0 aromatic rings. The number of aliphatic hydroxyl groups is 4. The maximum atomic E-state index is 9.26. The molecule has 0 atom stereocenters. The summed E-state index contributed by atoms with van der Waals surface area (Å²) in [5.41, 5.74) is 0. The van der Waals surface area contributed by atoms with Gasteiger partial charge in [0, 0.05) is 26.2 Å². The van der Waals surface area contributed by atoms with Crippen LogP contribution in [0.3, 0.4) is 0 Å². The fourth-order valence-electron chi connectivity index (χ4n) is 5.19. The van der Waals surface area contributed by atoms with E-state index in [-0.39, 0.29) is 40.5 Å². The molecule has 0 saturated carbocycles. The van der Waals surface area contributed by atoms with Gasteiger partial charge in [0.2, 0.25) is 0 Å². The Labute approximate surface area is 256 Å². The molecule has 0 radical (unpaired) electrons. The third kappa shape index (κ3) is 33.7. The van der Waals surface area contributed by atoms with Gasteiger partial charge in [0.05, 0.1) is 26.4 Å². The average molecular weight is 618 g/mol. The predicted molar refractivity (Wildman–Crippen MR) is 174 cm³/mol. The van der Waals surface area contributed by atoms with E-state index in [9.17, 15) is 20.4 Å². The summed E-state index contributed by atoms with van der Waals surface area (Å²) in [6.45, 7) is 10.2. The molecule has 0 heterocycles. The summed E-state index contributed by atoms with van der Waals surface area (Å²) in [6, 6.07) is 0. The Morgan fingerprint density at radius 3 is 1.00 bits per heavy atom. The first-order chi connectivity index (χ1) is 19.2. The first-order valence-corrected chi connectivity index (χ1v) is 16.5. The van der Waals surface area contributed by atoms with Gasteiger partial charge in [-0.1, -0.05) is 76.9 Å². The molecule has 0 fully saturated rings. The average Bonchev–Trinajstić information content (AvgIpc) is 2.93. The van der Waals surface area contributed by atoms with Crippen LogP contribution in [0.4, 0.5) is 14.1 Å². The number of allylic oxidation sites excluding steroid dienone is 2. The number of halogens is 3. The van der Waals surface area contributed by atoms with Gasteiger partial charge in [-0.25, -0.2) is 0 Å². The molecule has 7 nitrogen and oxygen atoms in total. The number of hydrogen-bond donors (Lipinski definition) is 4. The van der Waals surface area contributed by atoms with Crippen molar-refractivity contribution in [3.63, 3.8) is 0 Å². The highest BCUT2D eigenvalue weighted by atomic mass is 19.0. The fourth-order valence-corrected chi connectivity index (χ4v) is 5.19. The maximum Gasteiger partial charge on any atom is 0.0558 e. The molecule has 0 saturated heterocycles. The third-order valence-corrected chi connectivity index (χ3v) is 7.55. The molecule has 10 heteroatoms. The SMILES string of the molecule is CCCCCCCC/C=C\CCCCCCCCN(CCCN(CCO)CCO)CCCN(CCO)CCO.F.F.F. The number of nitrogens with zero attached hydrogens (tertiary/aromatic N) is 3. The van der Waals surface area contributed by atoms with Crippen LogP contribution in [0.25, 0.3) is 0 Å². The van der Waals surface area contributed by atoms with E-state index in [1.807, 2.05) is 0 Å². The van der Waals surface area contributed by atoms with Crippen LogP contribution in [-0.2, 0) is 0 Å². The number of hydrogen-bond acceptors (Lipinski definition) is 7. The van der Waals surface area contributed by atoms with Gasteiger partial charge in [0.25, 0.3) is 0 Å². The topological polar surface area (TPSA) is 90.6 Å². The van der Waals surface area contributed by atoms with Gasteiger partial charge in [0.15, 0.2) is 0 Å². The van der Waals surface area contributed by atoms with Gasteiger partial charge in [0.1, 0.15) is 0 Å². The van der Waals surface area contributed by atoms with Crippen molar-refractivity contribution in [2.75, 3.05) is 85.3 Å². The summed E-state index contributed by atoms with van der Waals surface area (Å²) in [6.07, 6.45) is 25.4. The predicted octanol–water partition coefficient (Wildman–Crippen LogP) is 5.14. The van der Waals surface area contributed by atoms with Gasteiger partial charge >= 0.3 is 0 Å². The number of rotatable bonds is 32. The quantitative estimate of drug-likeness (QED) is 0.0614. The van der Waals surface area contributed by atoms with Crippen molar-refractivity contribution in [3.05, 3.63) is 12.2 Å².